The molecule has 0 aliphatic heterocycles. The minimum absolute atomic E-state index is 0.178. The van der Waals surface area contributed by atoms with Crippen molar-refractivity contribution in [3.63, 3.8) is 0 Å². The number of rotatable bonds is 11. The van der Waals surface area contributed by atoms with Crippen LogP contribution in [0.3, 0.4) is 0 Å². The van der Waals surface area contributed by atoms with Gasteiger partial charge in [-0.3, -0.25) is 0 Å². The minimum Gasteiger partial charge on any atom is -0.744 e. The highest BCUT2D eigenvalue weighted by Gasteiger charge is 2.11. The Labute approximate surface area is 165 Å². The van der Waals surface area contributed by atoms with Crippen molar-refractivity contribution in [2.75, 3.05) is 26.6 Å². The van der Waals surface area contributed by atoms with E-state index in [2.05, 4.69) is 21.0 Å². The molecule has 0 N–H and O–H groups in total. The van der Waals surface area contributed by atoms with E-state index in [0.29, 0.717) is 0 Å². The smallest absolute Gasteiger partial charge is 0.154 e. The van der Waals surface area contributed by atoms with Gasteiger partial charge in [0.2, 0.25) is 0 Å². The second-order valence-electron chi connectivity index (χ2n) is 7.52. The molecule has 0 fully saturated rings. The van der Waals surface area contributed by atoms with Crippen LogP contribution < -0.4 is 0 Å². The van der Waals surface area contributed by atoms with Crippen LogP contribution >= 0.6 is 11.6 Å². The molecule has 0 aliphatic rings. The fourth-order valence-corrected chi connectivity index (χ4v) is 3.03. The van der Waals surface area contributed by atoms with Gasteiger partial charge < -0.3 is 9.04 Å². The first-order valence-corrected chi connectivity index (χ1v) is 11.5. The molecule has 26 heavy (non-hydrogen) atoms. The van der Waals surface area contributed by atoms with Crippen LogP contribution in [-0.2, 0) is 10.1 Å². The first-order chi connectivity index (χ1) is 12.1. The Bertz CT molecular complexity index is 571. The summed E-state index contributed by atoms with van der Waals surface area (Å²) >= 11 is 5.86. The third-order valence-corrected chi connectivity index (χ3v) is 5.75. The molecule has 0 radical (unpaired) electrons. The van der Waals surface area contributed by atoms with Crippen molar-refractivity contribution in [3.8, 4) is 0 Å². The van der Waals surface area contributed by atoms with E-state index < -0.39 is 10.1 Å². The van der Waals surface area contributed by atoms with Gasteiger partial charge in [-0.2, -0.15) is 0 Å². The Morgan fingerprint density at radius 3 is 1.81 bits per heavy atom. The Balaban J connectivity index is 0.000000502. The van der Waals surface area contributed by atoms with E-state index in [1.165, 1.54) is 70.0 Å². The maximum atomic E-state index is 10.4. The number of benzene rings is 1. The lowest BCUT2D eigenvalue weighted by molar-refractivity contribution is -0.879. The molecule has 0 unspecified atom stereocenters. The maximum Gasteiger partial charge on any atom is 0.154 e. The van der Waals surface area contributed by atoms with E-state index in [-0.39, 0.29) is 4.90 Å². The van der Waals surface area contributed by atoms with E-state index in [1.807, 2.05) is 6.92 Å². The lowest BCUT2D eigenvalue weighted by Crippen LogP contribution is -2.38. The predicted octanol–water partition coefficient (Wildman–Crippen LogP) is 5.30. The molecule has 0 saturated carbocycles. The molecule has 0 heterocycles. The average molecular weight is 406 g/mol. The Hall–Kier alpha value is -0.620. The molecule has 6 heteroatoms. The average Bonchev–Trinajstić information content (AvgIpc) is 2.57. The SMILES string of the molecule is CCCCCCCCCC[N+](C)(C)CCl.Cc1ccc(S(=O)(=O)[O-])cc1. The van der Waals surface area contributed by atoms with Crippen molar-refractivity contribution in [1.82, 2.24) is 0 Å². The predicted molar refractivity (Wildman–Crippen MR) is 109 cm³/mol. The number of aryl methyl sites for hydroxylation is 1. The lowest BCUT2D eigenvalue weighted by atomic mass is 10.1. The molecular weight excluding hydrogens is 370 g/mol. The zero-order valence-electron chi connectivity index (χ0n) is 16.8. The van der Waals surface area contributed by atoms with Gasteiger partial charge in [-0.1, -0.05) is 74.7 Å². The molecule has 0 amide bonds. The van der Waals surface area contributed by atoms with E-state index in [4.69, 9.17) is 11.6 Å². The number of hydrogen-bond acceptors (Lipinski definition) is 3. The van der Waals surface area contributed by atoms with Crippen molar-refractivity contribution in [2.45, 2.75) is 70.1 Å². The lowest BCUT2D eigenvalue weighted by Gasteiger charge is -2.26. The third-order valence-electron chi connectivity index (χ3n) is 4.25. The summed E-state index contributed by atoms with van der Waals surface area (Å²) in [6.07, 6.45) is 11.2. The van der Waals surface area contributed by atoms with Crippen LogP contribution in [0.5, 0.6) is 0 Å². The van der Waals surface area contributed by atoms with Gasteiger partial charge in [-0.15, -0.1) is 0 Å². The molecule has 1 aromatic rings. The highest BCUT2D eigenvalue weighted by atomic mass is 35.5. The summed E-state index contributed by atoms with van der Waals surface area (Å²) in [5.74, 6) is 0. The fraction of sp³-hybridized carbons (Fsp3) is 0.700. The summed E-state index contributed by atoms with van der Waals surface area (Å²) in [7, 11) is 0.136. The van der Waals surface area contributed by atoms with Crippen LogP contribution in [0.4, 0.5) is 0 Å². The van der Waals surface area contributed by atoms with Gasteiger partial charge in [-0.05, 0) is 31.9 Å². The van der Waals surface area contributed by atoms with Crippen LogP contribution in [0, 0.1) is 6.92 Å². The number of alkyl halides is 1. The number of nitrogens with zero attached hydrogens (tertiary/aromatic N) is 1. The molecular formula is C20H36ClNO3S. The van der Waals surface area contributed by atoms with Crippen molar-refractivity contribution in [2.24, 2.45) is 0 Å². The Kier molecular flexibility index (Phi) is 13.2. The van der Waals surface area contributed by atoms with Crippen LogP contribution in [-0.4, -0.2) is 44.1 Å². The van der Waals surface area contributed by atoms with Gasteiger partial charge in [0.15, 0.2) is 6.00 Å². The third kappa shape index (κ3) is 13.6. The van der Waals surface area contributed by atoms with Crippen LogP contribution in [0.1, 0.15) is 63.9 Å². The number of hydrogen-bond donors (Lipinski definition) is 0. The summed E-state index contributed by atoms with van der Waals surface area (Å²) in [6, 6.07) is 6.52. The van der Waals surface area contributed by atoms with Gasteiger partial charge in [-0.25, -0.2) is 8.42 Å². The standard InChI is InChI=1S/C13H29ClN.C7H8O3S/c1-4-5-6-7-8-9-10-11-12-15(2,3)13-14;1-6-2-4-7(5-3-6)11(8,9)10/h4-13H2,1-3H3;2-5H,1H3,(H,8,9,10)/q+1;/p-1. The Morgan fingerprint density at radius 1 is 0.923 bits per heavy atom. The molecule has 1 rings (SSSR count). The summed E-state index contributed by atoms with van der Waals surface area (Å²) < 4.78 is 32.1. The van der Waals surface area contributed by atoms with Crippen molar-refractivity contribution < 1.29 is 17.5 Å². The summed E-state index contributed by atoms with van der Waals surface area (Å²) in [5, 5.41) is 0. The van der Waals surface area contributed by atoms with Crippen LogP contribution in [0.25, 0.3) is 0 Å². The van der Waals surface area contributed by atoms with Crippen molar-refractivity contribution >= 4 is 21.7 Å². The number of unbranched alkanes of at least 4 members (excludes halogenated alkanes) is 7. The van der Waals surface area contributed by atoms with E-state index in [1.54, 1.807) is 12.1 Å². The van der Waals surface area contributed by atoms with E-state index in [0.717, 1.165) is 16.1 Å². The maximum absolute atomic E-state index is 10.4. The topological polar surface area (TPSA) is 57.2 Å². The van der Waals surface area contributed by atoms with Crippen LogP contribution in [0.15, 0.2) is 29.2 Å². The molecule has 152 valence electrons. The second-order valence-corrected chi connectivity index (χ2v) is 9.14. The normalized spacial score (nSPS) is 11.8. The number of quaternary nitrogens is 1. The zero-order chi connectivity index (χ0) is 20.1. The fourth-order valence-electron chi connectivity index (χ4n) is 2.44. The van der Waals surface area contributed by atoms with Gasteiger partial charge in [0, 0.05) is 0 Å². The monoisotopic (exact) mass is 405 g/mol. The Morgan fingerprint density at radius 2 is 1.38 bits per heavy atom. The number of halogens is 1. The highest BCUT2D eigenvalue weighted by molar-refractivity contribution is 7.85. The van der Waals surface area contributed by atoms with Gasteiger partial charge >= 0.3 is 0 Å². The van der Waals surface area contributed by atoms with Crippen LogP contribution in [0.2, 0.25) is 0 Å². The molecule has 0 aliphatic carbocycles. The van der Waals surface area contributed by atoms with Crippen molar-refractivity contribution in [3.05, 3.63) is 29.8 Å². The van der Waals surface area contributed by atoms with Crippen molar-refractivity contribution in [1.29, 1.82) is 0 Å². The first-order valence-electron chi connectivity index (χ1n) is 9.53. The highest BCUT2D eigenvalue weighted by Crippen LogP contribution is 2.10. The van der Waals surface area contributed by atoms with Gasteiger partial charge in [0.1, 0.15) is 10.1 Å². The molecule has 0 bridgehead atoms. The molecule has 0 aromatic heterocycles. The molecule has 4 nitrogen and oxygen atoms in total. The van der Waals surface area contributed by atoms with Gasteiger partial charge in [0.25, 0.3) is 0 Å². The molecule has 0 saturated heterocycles. The molecule has 0 spiro atoms. The second kappa shape index (κ2) is 13.5. The quantitative estimate of drug-likeness (QED) is 0.165. The molecule has 0 atom stereocenters. The summed E-state index contributed by atoms with van der Waals surface area (Å²) in [6.45, 7) is 5.31. The van der Waals surface area contributed by atoms with E-state index >= 15 is 0 Å². The zero-order valence-corrected chi connectivity index (χ0v) is 18.4. The summed E-state index contributed by atoms with van der Waals surface area (Å²) in [5.41, 5.74) is 0.928. The first kappa shape index (κ1) is 25.4. The summed E-state index contributed by atoms with van der Waals surface area (Å²) in [4.78, 5) is -0.178. The molecule has 1 aromatic carbocycles. The largest absolute Gasteiger partial charge is 0.744 e. The van der Waals surface area contributed by atoms with E-state index in [9.17, 15) is 13.0 Å². The minimum atomic E-state index is -4.27. The van der Waals surface area contributed by atoms with Gasteiger partial charge in [0.05, 0.1) is 25.5 Å².